The van der Waals surface area contributed by atoms with Crippen LogP contribution >= 0.6 is 0 Å². The topological polar surface area (TPSA) is 12.0 Å². The predicted octanol–water partition coefficient (Wildman–Crippen LogP) is 1.77. The predicted molar refractivity (Wildman–Crippen MR) is 39.7 cm³/mol. The SMILES string of the molecule is [H+].c1ccc2c(c1)CCN2. The third kappa shape index (κ3) is 0.689. The van der Waals surface area contributed by atoms with Gasteiger partial charge in [-0.2, -0.15) is 0 Å². The van der Waals surface area contributed by atoms with Gasteiger partial charge >= 0.3 is 1.43 Å². The van der Waals surface area contributed by atoms with Gasteiger partial charge in [-0.25, -0.2) is 0 Å². The first kappa shape index (κ1) is 4.86. The normalized spacial score (nSPS) is 14.7. The first-order chi connectivity index (χ1) is 4.47. The Hall–Kier alpha value is -0.980. The van der Waals surface area contributed by atoms with Gasteiger partial charge in [-0.3, -0.25) is 0 Å². The van der Waals surface area contributed by atoms with Crippen molar-refractivity contribution in [2.75, 3.05) is 11.9 Å². The zero-order valence-corrected chi connectivity index (χ0v) is 5.22. The molecule has 1 aromatic rings. The molecule has 1 nitrogen and oxygen atoms in total. The smallest absolute Gasteiger partial charge is 0.384 e. The molecular formula is C8H10N+. The van der Waals surface area contributed by atoms with E-state index in [1.165, 1.54) is 17.7 Å². The van der Waals surface area contributed by atoms with Crippen LogP contribution in [0.3, 0.4) is 0 Å². The molecule has 2 rings (SSSR count). The van der Waals surface area contributed by atoms with E-state index in [1.807, 2.05) is 0 Å². The summed E-state index contributed by atoms with van der Waals surface area (Å²) in [5.74, 6) is 0. The van der Waals surface area contributed by atoms with E-state index in [-0.39, 0.29) is 1.43 Å². The molecule has 1 N–H and O–H groups in total. The Bertz CT molecular complexity index is 199. The Labute approximate surface area is 56.2 Å². The highest BCUT2D eigenvalue weighted by molar-refractivity contribution is 5.54. The van der Waals surface area contributed by atoms with Crippen molar-refractivity contribution in [1.82, 2.24) is 0 Å². The summed E-state index contributed by atoms with van der Waals surface area (Å²) in [6.07, 6.45) is 1.19. The molecule has 9 heavy (non-hydrogen) atoms. The van der Waals surface area contributed by atoms with Crippen molar-refractivity contribution in [2.45, 2.75) is 6.42 Å². The molecule has 0 spiro atoms. The van der Waals surface area contributed by atoms with Gasteiger partial charge < -0.3 is 5.32 Å². The molecule has 0 bridgehead atoms. The maximum absolute atomic E-state index is 3.30. The molecule has 0 unspecified atom stereocenters. The quantitative estimate of drug-likeness (QED) is 0.550. The zero-order valence-electron chi connectivity index (χ0n) is 6.22. The lowest BCUT2D eigenvalue weighted by Crippen LogP contribution is -1.90. The average Bonchev–Trinajstić information content (AvgIpc) is 2.33. The van der Waals surface area contributed by atoms with Crippen LogP contribution in [0.2, 0.25) is 0 Å². The Morgan fingerprint density at radius 2 is 2.22 bits per heavy atom. The van der Waals surface area contributed by atoms with Gasteiger partial charge in [-0.1, -0.05) is 18.2 Å². The van der Waals surface area contributed by atoms with Crippen LogP contribution in [-0.4, -0.2) is 6.54 Å². The Morgan fingerprint density at radius 3 is 3.11 bits per heavy atom. The summed E-state index contributed by atoms with van der Waals surface area (Å²) in [5, 5.41) is 3.30. The van der Waals surface area contributed by atoms with Gasteiger partial charge in [-0.15, -0.1) is 0 Å². The lowest BCUT2D eigenvalue weighted by molar-refractivity contribution is 1.11. The summed E-state index contributed by atoms with van der Waals surface area (Å²) in [5.41, 5.74) is 2.77. The van der Waals surface area contributed by atoms with Gasteiger partial charge in [0.05, 0.1) is 0 Å². The summed E-state index contributed by atoms with van der Waals surface area (Å²) >= 11 is 0. The summed E-state index contributed by atoms with van der Waals surface area (Å²) in [6.45, 7) is 1.11. The molecule has 0 atom stereocenters. The van der Waals surface area contributed by atoms with Crippen molar-refractivity contribution in [3.63, 3.8) is 0 Å². The molecule has 0 aliphatic carbocycles. The van der Waals surface area contributed by atoms with E-state index in [2.05, 4.69) is 29.6 Å². The molecular weight excluding hydrogens is 110 g/mol. The standard InChI is InChI=1S/C8H9N/c1-2-4-8-7(3-1)5-6-9-8/h1-4,9H,5-6H2/p+1. The molecule has 0 radical (unpaired) electrons. The van der Waals surface area contributed by atoms with Crippen molar-refractivity contribution in [2.24, 2.45) is 0 Å². The largest absolute Gasteiger partial charge is 1.00 e. The van der Waals surface area contributed by atoms with Crippen molar-refractivity contribution in [1.29, 1.82) is 0 Å². The number of hydrogen-bond acceptors (Lipinski definition) is 1. The maximum atomic E-state index is 3.30. The second-order valence-corrected chi connectivity index (χ2v) is 2.33. The Morgan fingerprint density at radius 1 is 1.33 bits per heavy atom. The van der Waals surface area contributed by atoms with E-state index in [0.717, 1.165) is 6.54 Å². The number of fused-ring (bicyclic) bond motifs is 1. The van der Waals surface area contributed by atoms with E-state index in [9.17, 15) is 0 Å². The van der Waals surface area contributed by atoms with Gasteiger partial charge in [0.25, 0.3) is 0 Å². The van der Waals surface area contributed by atoms with Crippen LogP contribution < -0.4 is 5.32 Å². The number of anilines is 1. The fourth-order valence-corrected chi connectivity index (χ4v) is 1.24. The van der Waals surface area contributed by atoms with Crippen LogP contribution in [0.25, 0.3) is 0 Å². The maximum Gasteiger partial charge on any atom is 1.00 e. The molecule has 0 saturated heterocycles. The number of nitrogens with one attached hydrogen (secondary N) is 1. The number of para-hydroxylation sites is 1. The summed E-state index contributed by atoms with van der Waals surface area (Å²) in [6, 6.07) is 8.46. The Kier molecular flexibility index (Phi) is 0.950. The minimum atomic E-state index is 0. The van der Waals surface area contributed by atoms with E-state index in [1.54, 1.807) is 0 Å². The van der Waals surface area contributed by atoms with Crippen molar-refractivity contribution < 1.29 is 1.43 Å². The van der Waals surface area contributed by atoms with Crippen LogP contribution in [-0.2, 0) is 6.42 Å². The van der Waals surface area contributed by atoms with Crippen molar-refractivity contribution in [3.05, 3.63) is 29.8 Å². The summed E-state index contributed by atoms with van der Waals surface area (Å²) < 4.78 is 0. The third-order valence-corrected chi connectivity index (χ3v) is 1.73. The Balaban J connectivity index is 0.000000500. The van der Waals surface area contributed by atoms with E-state index in [0.29, 0.717) is 0 Å². The minimum absolute atomic E-state index is 0. The second-order valence-electron chi connectivity index (χ2n) is 2.33. The van der Waals surface area contributed by atoms with Crippen LogP contribution in [0.1, 0.15) is 6.99 Å². The highest BCUT2D eigenvalue weighted by Gasteiger charge is 2.05. The average molecular weight is 120 g/mol. The fraction of sp³-hybridized carbons (Fsp3) is 0.250. The van der Waals surface area contributed by atoms with Gasteiger partial charge in [0.1, 0.15) is 0 Å². The van der Waals surface area contributed by atoms with E-state index in [4.69, 9.17) is 0 Å². The van der Waals surface area contributed by atoms with Gasteiger partial charge in [0.2, 0.25) is 0 Å². The summed E-state index contributed by atoms with van der Waals surface area (Å²) in [4.78, 5) is 0. The van der Waals surface area contributed by atoms with Crippen molar-refractivity contribution >= 4 is 5.69 Å². The molecule has 0 amide bonds. The molecule has 1 aliphatic heterocycles. The minimum Gasteiger partial charge on any atom is -0.384 e. The summed E-state index contributed by atoms with van der Waals surface area (Å²) in [7, 11) is 0. The van der Waals surface area contributed by atoms with E-state index >= 15 is 0 Å². The lowest BCUT2D eigenvalue weighted by Gasteiger charge is -1.94. The third-order valence-electron chi connectivity index (χ3n) is 1.73. The molecule has 0 aromatic heterocycles. The van der Waals surface area contributed by atoms with Crippen molar-refractivity contribution in [3.8, 4) is 0 Å². The van der Waals surface area contributed by atoms with Crippen LogP contribution in [0.4, 0.5) is 5.69 Å². The molecule has 0 fully saturated rings. The van der Waals surface area contributed by atoms with Crippen LogP contribution in [0.15, 0.2) is 24.3 Å². The fourth-order valence-electron chi connectivity index (χ4n) is 1.24. The first-order valence-electron chi connectivity index (χ1n) is 3.28. The number of benzene rings is 1. The second kappa shape index (κ2) is 1.76. The van der Waals surface area contributed by atoms with Gasteiger partial charge in [0.15, 0.2) is 0 Å². The van der Waals surface area contributed by atoms with Crippen LogP contribution in [0.5, 0.6) is 0 Å². The zero-order chi connectivity index (χ0) is 6.10. The van der Waals surface area contributed by atoms with Crippen LogP contribution in [0, 0.1) is 0 Å². The number of hydrogen-bond donors (Lipinski definition) is 1. The number of rotatable bonds is 0. The van der Waals surface area contributed by atoms with Gasteiger partial charge in [0, 0.05) is 12.2 Å². The molecule has 0 saturated carbocycles. The molecule has 1 heteroatoms. The lowest BCUT2D eigenvalue weighted by atomic mass is 10.2. The molecule has 1 aromatic carbocycles. The first-order valence-corrected chi connectivity index (χ1v) is 3.28. The molecule has 1 heterocycles. The highest BCUT2D eigenvalue weighted by Crippen LogP contribution is 2.19. The molecule has 46 valence electrons. The monoisotopic (exact) mass is 120 g/mol. The van der Waals surface area contributed by atoms with E-state index < -0.39 is 0 Å². The molecule has 1 aliphatic rings. The van der Waals surface area contributed by atoms with Gasteiger partial charge in [-0.05, 0) is 18.1 Å². The highest BCUT2D eigenvalue weighted by atomic mass is 14.9.